The van der Waals surface area contributed by atoms with Crippen LogP contribution < -0.4 is 4.72 Å². The third-order valence-corrected chi connectivity index (χ3v) is 5.84. The molecule has 2 aromatic rings. The largest absolute Gasteiger partial charge is 0.274 e. The van der Waals surface area contributed by atoms with Gasteiger partial charge in [0.05, 0.1) is 16.0 Å². The Kier molecular flexibility index (Phi) is 4.84. The molecule has 1 aliphatic heterocycles. The third-order valence-electron chi connectivity index (χ3n) is 4.32. The van der Waals surface area contributed by atoms with Crippen LogP contribution >= 0.6 is 0 Å². The molecule has 27 heavy (non-hydrogen) atoms. The smallest absolute Gasteiger partial charge is 0.264 e. The number of hydrogen-bond acceptors (Lipinski definition) is 5. The van der Waals surface area contributed by atoms with Crippen LogP contribution in [0, 0.1) is 13.8 Å². The quantitative estimate of drug-likeness (QED) is 0.790. The van der Waals surface area contributed by atoms with Gasteiger partial charge in [0.1, 0.15) is 0 Å². The van der Waals surface area contributed by atoms with Crippen LogP contribution in [0.4, 0.5) is 0 Å². The lowest BCUT2D eigenvalue weighted by atomic mass is 10.1. The van der Waals surface area contributed by atoms with E-state index in [1.165, 1.54) is 6.07 Å². The van der Waals surface area contributed by atoms with E-state index in [2.05, 4.69) is 0 Å². The summed E-state index contributed by atoms with van der Waals surface area (Å²) in [5.74, 6) is -1.76. The van der Waals surface area contributed by atoms with Gasteiger partial charge in [-0.05, 0) is 43.2 Å². The average molecular weight is 386 g/mol. The Balaban J connectivity index is 1.68. The van der Waals surface area contributed by atoms with Crippen LogP contribution in [0.1, 0.15) is 38.3 Å². The van der Waals surface area contributed by atoms with Crippen molar-refractivity contribution in [1.29, 1.82) is 0 Å². The Morgan fingerprint density at radius 3 is 2.19 bits per heavy atom. The highest BCUT2D eigenvalue weighted by atomic mass is 32.2. The van der Waals surface area contributed by atoms with E-state index in [1.54, 1.807) is 50.2 Å². The predicted octanol–water partition coefficient (Wildman–Crippen LogP) is 1.79. The monoisotopic (exact) mass is 386 g/mol. The first kappa shape index (κ1) is 18.8. The zero-order valence-corrected chi connectivity index (χ0v) is 15.7. The number of fused-ring (bicyclic) bond motifs is 1. The van der Waals surface area contributed by atoms with Crippen molar-refractivity contribution in [2.75, 3.05) is 6.54 Å². The van der Waals surface area contributed by atoms with Crippen LogP contribution in [0.2, 0.25) is 0 Å². The predicted molar refractivity (Wildman–Crippen MR) is 97.7 cm³/mol. The number of hydrogen-bond donors (Lipinski definition) is 1. The van der Waals surface area contributed by atoms with Crippen molar-refractivity contribution in [3.05, 3.63) is 64.7 Å². The van der Waals surface area contributed by atoms with Crippen LogP contribution in [0.3, 0.4) is 0 Å². The molecule has 1 aliphatic rings. The summed E-state index contributed by atoms with van der Waals surface area (Å²) in [5.41, 5.74) is 1.83. The SMILES string of the molecule is Cc1ccc(C)c(S(=O)(=O)NC(=O)CCN2C(=O)c3ccccc3C2=O)c1. The number of carbonyl (C=O) groups excluding carboxylic acids is 3. The van der Waals surface area contributed by atoms with Gasteiger partial charge in [0, 0.05) is 13.0 Å². The third kappa shape index (κ3) is 3.61. The fraction of sp³-hybridized carbons (Fsp3) is 0.211. The molecule has 0 aliphatic carbocycles. The van der Waals surface area contributed by atoms with E-state index >= 15 is 0 Å². The second-order valence-corrected chi connectivity index (χ2v) is 8.01. The molecule has 0 saturated heterocycles. The minimum atomic E-state index is -4.03. The Bertz CT molecular complexity index is 1020. The summed E-state index contributed by atoms with van der Waals surface area (Å²) in [6.07, 6.45) is -0.310. The number of nitrogens with zero attached hydrogens (tertiary/aromatic N) is 1. The van der Waals surface area contributed by atoms with E-state index in [0.29, 0.717) is 5.56 Å². The van der Waals surface area contributed by atoms with E-state index in [-0.39, 0.29) is 29.0 Å². The lowest BCUT2D eigenvalue weighted by molar-refractivity contribution is -0.119. The van der Waals surface area contributed by atoms with Crippen LogP contribution in [0.5, 0.6) is 0 Å². The number of benzene rings is 2. The molecule has 0 bridgehead atoms. The van der Waals surface area contributed by atoms with Gasteiger partial charge in [-0.2, -0.15) is 0 Å². The highest BCUT2D eigenvalue weighted by Crippen LogP contribution is 2.22. The molecular formula is C19H18N2O5S. The minimum Gasteiger partial charge on any atom is -0.274 e. The first-order valence-electron chi connectivity index (χ1n) is 8.29. The highest BCUT2D eigenvalue weighted by molar-refractivity contribution is 7.90. The fourth-order valence-electron chi connectivity index (χ4n) is 2.91. The maximum atomic E-state index is 12.4. The number of rotatable bonds is 5. The molecule has 0 spiro atoms. The molecule has 0 atom stereocenters. The second kappa shape index (κ2) is 6.96. The number of amides is 3. The summed E-state index contributed by atoms with van der Waals surface area (Å²) in [6.45, 7) is 3.19. The van der Waals surface area contributed by atoms with Crippen molar-refractivity contribution in [3.8, 4) is 0 Å². The van der Waals surface area contributed by atoms with E-state index in [1.807, 2.05) is 4.72 Å². The van der Waals surface area contributed by atoms with Gasteiger partial charge >= 0.3 is 0 Å². The molecule has 0 fully saturated rings. The van der Waals surface area contributed by atoms with Gasteiger partial charge in [-0.3, -0.25) is 19.3 Å². The summed E-state index contributed by atoms with van der Waals surface area (Å²) in [5, 5.41) is 0. The molecule has 0 unspecified atom stereocenters. The van der Waals surface area contributed by atoms with E-state index in [0.717, 1.165) is 10.5 Å². The maximum Gasteiger partial charge on any atom is 0.264 e. The van der Waals surface area contributed by atoms with E-state index in [9.17, 15) is 22.8 Å². The first-order valence-corrected chi connectivity index (χ1v) is 9.77. The fourth-order valence-corrected chi connectivity index (χ4v) is 4.25. The number of carbonyl (C=O) groups is 3. The van der Waals surface area contributed by atoms with Crippen molar-refractivity contribution >= 4 is 27.7 Å². The van der Waals surface area contributed by atoms with Gasteiger partial charge in [0.2, 0.25) is 5.91 Å². The number of imide groups is 1. The summed E-state index contributed by atoms with van der Waals surface area (Å²) < 4.78 is 26.9. The lowest BCUT2D eigenvalue weighted by Crippen LogP contribution is -2.36. The van der Waals surface area contributed by atoms with Crippen molar-refractivity contribution in [3.63, 3.8) is 0 Å². The van der Waals surface area contributed by atoms with Crippen molar-refractivity contribution < 1.29 is 22.8 Å². The maximum absolute atomic E-state index is 12.4. The van der Waals surface area contributed by atoms with Gasteiger partial charge in [-0.25, -0.2) is 13.1 Å². The van der Waals surface area contributed by atoms with Crippen LogP contribution in [-0.4, -0.2) is 37.6 Å². The molecule has 1 heterocycles. The van der Waals surface area contributed by atoms with E-state index < -0.39 is 27.7 Å². The molecule has 0 saturated carbocycles. The average Bonchev–Trinajstić information content (AvgIpc) is 2.86. The van der Waals surface area contributed by atoms with Crippen LogP contribution in [-0.2, 0) is 14.8 Å². The molecule has 140 valence electrons. The summed E-state index contributed by atoms with van der Waals surface area (Å²) in [7, 11) is -4.03. The highest BCUT2D eigenvalue weighted by Gasteiger charge is 2.35. The number of nitrogens with one attached hydrogen (secondary N) is 1. The van der Waals surface area contributed by atoms with Gasteiger partial charge < -0.3 is 0 Å². The Morgan fingerprint density at radius 2 is 1.59 bits per heavy atom. The topological polar surface area (TPSA) is 101 Å². The van der Waals surface area contributed by atoms with Crippen molar-refractivity contribution in [2.24, 2.45) is 0 Å². The summed E-state index contributed by atoms with van der Waals surface area (Å²) >= 11 is 0. The Hall–Kier alpha value is -3.00. The zero-order chi connectivity index (χ0) is 19.8. The van der Waals surface area contributed by atoms with Crippen molar-refractivity contribution in [2.45, 2.75) is 25.2 Å². The minimum absolute atomic E-state index is 0.0246. The molecule has 3 amide bonds. The molecule has 1 N–H and O–H groups in total. The number of aryl methyl sites for hydroxylation is 2. The van der Waals surface area contributed by atoms with Gasteiger partial charge in [-0.15, -0.1) is 0 Å². The summed E-state index contributed by atoms with van der Waals surface area (Å²) in [4.78, 5) is 37.6. The normalized spacial score (nSPS) is 13.6. The molecule has 0 aromatic heterocycles. The molecule has 3 rings (SSSR count). The lowest BCUT2D eigenvalue weighted by Gasteiger charge is -2.14. The molecular weight excluding hydrogens is 368 g/mol. The van der Waals surface area contributed by atoms with Gasteiger partial charge in [0.25, 0.3) is 21.8 Å². The Labute approximate surface area is 157 Å². The molecule has 7 nitrogen and oxygen atoms in total. The van der Waals surface area contributed by atoms with Crippen LogP contribution in [0.25, 0.3) is 0 Å². The zero-order valence-electron chi connectivity index (χ0n) is 14.9. The summed E-state index contributed by atoms with van der Waals surface area (Å²) in [6, 6.07) is 11.3. The van der Waals surface area contributed by atoms with Gasteiger partial charge in [-0.1, -0.05) is 24.3 Å². The molecule has 8 heteroatoms. The van der Waals surface area contributed by atoms with E-state index in [4.69, 9.17) is 0 Å². The first-order chi connectivity index (χ1) is 12.7. The number of sulfonamides is 1. The Morgan fingerprint density at radius 1 is 1.00 bits per heavy atom. The molecule has 0 radical (unpaired) electrons. The second-order valence-electron chi connectivity index (χ2n) is 6.36. The van der Waals surface area contributed by atoms with Gasteiger partial charge in [0.15, 0.2) is 0 Å². The molecule has 2 aromatic carbocycles. The van der Waals surface area contributed by atoms with Crippen molar-refractivity contribution in [1.82, 2.24) is 9.62 Å². The van der Waals surface area contributed by atoms with Crippen LogP contribution in [0.15, 0.2) is 47.4 Å². The standard InChI is InChI=1S/C19H18N2O5S/c1-12-7-8-13(2)16(11-12)27(25,26)20-17(22)9-10-21-18(23)14-5-3-4-6-15(14)19(21)24/h3-8,11H,9-10H2,1-2H3,(H,20,22).